The van der Waals surface area contributed by atoms with Gasteiger partial charge >= 0.3 is 15.6 Å². The Morgan fingerprint density at radius 1 is 0.433 bits per heavy atom. The van der Waals surface area contributed by atoms with Crippen LogP contribution in [-0.2, 0) is 10.1 Å². The molecule has 0 radical (unpaired) electrons. The molecule has 5 nitrogen and oxygen atoms in total. The second-order valence-electron chi connectivity index (χ2n) is 14.1. The maximum atomic E-state index is 14.0. The van der Waals surface area contributed by atoms with Crippen molar-refractivity contribution < 1.29 is 25.8 Å². The number of anilines is 6. The molecule has 8 aromatic carbocycles. The van der Waals surface area contributed by atoms with E-state index >= 15 is 0 Å². The van der Waals surface area contributed by atoms with Crippen molar-refractivity contribution in [3.8, 4) is 16.9 Å². The summed E-state index contributed by atoms with van der Waals surface area (Å²) in [5.41, 5.74) is 1.02. The molecule has 0 amide bonds. The smallest absolute Gasteiger partial charge is 0.376 e. The number of alkyl halides is 3. The second kappa shape index (κ2) is 14.9. The average Bonchev–Trinajstić information content (AvgIpc) is 3.83. The van der Waals surface area contributed by atoms with Crippen LogP contribution in [0.4, 0.5) is 47.3 Å². The molecule has 60 heavy (non-hydrogen) atoms. The normalized spacial score (nSPS) is 12.1. The Kier molecular flexibility index (Phi) is 9.31. The van der Waals surface area contributed by atoms with E-state index in [0.29, 0.717) is 11.1 Å². The molecule has 11 heteroatoms. The maximum absolute atomic E-state index is 14.0. The number of halogens is 3. The molecule has 0 aliphatic carbocycles. The molecule has 10 rings (SSSR count). The summed E-state index contributed by atoms with van der Waals surface area (Å²) in [7, 11) is -6.02. The zero-order chi connectivity index (χ0) is 41.0. The minimum Gasteiger partial charge on any atom is -0.376 e. The van der Waals surface area contributed by atoms with E-state index in [-0.39, 0.29) is 0 Å². The van der Waals surface area contributed by atoms with Crippen LogP contribution in [0.3, 0.4) is 0 Å². The fourth-order valence-corrected chi connectivity index (χ4v) is 10.5. The van der Waals surface area contributed by atoms with Gasteiger partial charge in [-0.15, -0.1) is 22.7 Å². The predicted molar refractivity (Wildman–Crippen MR) is 243 cm³/mol. The number of fused-ring (bicyclic) bond motifs is 6. The maximum Gasteiger partial charge on any atom is 0.534 e. The SMILES string of the molecule is O=S(=O)(Oc1cc(N(c2ccccc2)c2cccc3c2sc2ccccc23)c2sc3ccc(N(c4ccccc4)c4cccc(-c5ccccc5)c4)cc3c2c1)C(F)(F)F. The Balaban J connectivity index is 1.23. The van der Waals surface area contributed by atoms with Gasteiger partial charge in [-0.2, -0.15) is 21.6 Å². The van der Waals surface area contributed by atoms with Gasteiger partial charge in [0, 0.05) is 59.8 Å². The van der Waals surface area contributed by atoms with E-state index in [1.54, 1.807) is 11.3 Å². The molecule has 0 saturated heterocycles. The summed E-state index contributed by atoms with van der Waals surface area (Å²) in [4.78, 5) is 4.11. The Bertz CT molecular complexity index is 3320. The molecular weight excluding hydrogens is 818 g/mol. The van der Waals surface area contributed by atoms with Crippen LogP contribution >= 0.6 is 22.7 Å². The Morgan fingerprint density at radius 2 is 0.983 bits per heavy atom. The van der Waals surface area contributed by atoms with E-state index < -0.39 is 21.4 Å². The third-order valence-electron chi connectivity index (χ3n) is 10.4. The number of para-hydroxylation sites is 2. The van der Waals surface area contributed by atoms with Gasteiger partial charge < -0.3 is 14.0 Å². The third-order valence-corrected chi connectivity index (χ3v) is 13.8. The van der Waals surface area contributed by atoms with Gasteiger partial charge in [0.1, 0.15) is 5.75 Å². The first kappa shape index (κ1) is 37.6. The summed E-state index contributed by atoms with van der Waals surface area (Å²) in [6.45, 7) is 0. The molecule has 0 fully saturated rings. The van der Waals surface area contributed by atoms with Crippen molar-refractivity contribution in [2.45, 2.75) is 5.51 Å². The summed E-state index contributed by atoms with van der Waals surface area (Å²) < 4.78 is 75.9. The lowest BCUT2D eigenvalue weighted by molar-refractivity contribution is -0.0500. The monoisotopic (exact) mass is 848 g/mol. The lowest BCUT2D eigenvalue weighted by atomic mass is 10.0. The molecule has 0 N–H and O–H groups in total. The van der Waals surface area contributed by atoms with Gasteiger partial charge in [-0.1, -0.05) is 109 Å². The highest BCUT2D eigenvalue weighted by Crippen LogP contribution is 2.51. The molecule has 0 bridgehead atoms. The van der Waals surface area contributed by atoms with Crippen molar-refractivity contribution in [1.82, 2.24) is 0 Å². The molecule has 0 unspecified atom stereocenters. The summed E-state index contributed by atoms with van der Waals surface area (Å²) in [5.74, 6) is -0.458. The summed E-state index contributed by atoms with van der Waals surface area (Å²) >= 11 is 3.09. The number of benzene rings is 8. The highest BCUT2D eigenvalue weighted by Gasteiger charge is 2.48. The Labute approximate surface area is 351 Å². The van der Waals surface area contributed by atoms with Crippen molar-refractivity contribution in [1.29, 1.82) is 0 Å². The van der Waals surface area contributed by atoms with E-state index in [4.69, 9.17) is 4.18 Å². The highest BCUT2D eigenvalue weighted by molar-refractivity contribution is 7.88. The van der Waals surface area contributed by atoms with Gasteiger partial charge in [0.25, 0.3) is 0 Å². The first-order valence-corrected chi connectivity index (χ1v) is 21.9. The summed E-state index contributed by atoms with van der Waals surface area (Å²) in [5, 5.41) is 3.36. The molecule has 0 saturated carbocycles. The molecule has 10 aromatic rings. The minimum absolute atomic E-state index is 0.458. The lowest BCUT2D eigenvalue weighted by Gasteiger charge is -2.27. The van der Waals surface area contributed by atoms with Gasteiger partial charge in [-0.3, -0.25) is 0 Å². The number of rotatable bonds is 9. The van der Waals surface area contributed by atoms with E-state index in [1.807, 2.05) is 138 Å². The van der Waals surface area contributed by atoms with Crippen LogP contribution in [0.1, 0.15) is 0 Å². The number of hydrogen-bond donors (Lipinski definition) is 0. The topological polar surface area (TPSA) is 49.9 Å². The molecular formula is C49H31F3N2O3S3. The first-order chi connectivity index (χ1) is 29.1. The van der Waals surface area contributed by atoms with Crippen LogP contribution in [0.5, 0.6) is 5.75 Å². The highest BCUT2D eigenvalue weighted by atomic mass is 32.2. The van der Waals surface area contributed by atoms with Crippen molar-refractivity contribution in [2.24, 2.45) is 0 Å². The van der Waals surface area contributed by atoms with Crippen molar-refractivity contribution >= 4 is 107 Å². The van der Waals surface area contributed by atoms with Crippen LogP contribution < -0.4 is 14.0 Å². The van der Waals surface area contributed by atoms with Crippen LogP contribution in [0, 0.1) is 0 Å². The van der Waals surface area contributed by atoms with Gasteiger partial charge in [0.05, 0.1) is 20.8 Å². The van der Waals surface area contributed by atoms with Gasteiger partial charge in [-0.05, 0) is 83.9 Å². The van der Waals surface area contributed by atoms with E-state index in [2.05, 4.69) is 47.4 Å². The minimum atomic E-state index is -6.02. The largest absolute Gasteiger partial charge is 0.534 e. The second-order valence-corrected chi connectivity index (χ2v) is 17.7. The Morgan fingerprint density at radius 3 is 1.70 bits per heavy atom. The molecule has 0 spiro atoms. The van der Waals surface area contributed by atoms with Crippen molar-refractivity contribution in [2.75, 3.05) is 9.80 Å². The number of hydrogen-bond acceptors (Lipinski definition) is 7. The van der Waals surface area contributed by atoms with E-state index in [0.717, 1.165) is 74.5 Å². The summed E-state index contributed by atoms with van der Waals surface area (Å²) in [6, 6.07) is 60.7. The third kappa shape index (κ3) is 6.70. The zero-order valence-corrected chi connectivity index (χ0v) is 33.8. The average molecular weight is 849 g/mol. The van der Waals surface area contributed by atoms with E-state index in [9.17, 15) is 21.6 Å². The molecule has 294 valence electrons. The van der Waals surface area contributed by atoms with Crippen LogP contribution in [0.15, 0.2) is 188 Å². The molecule has 0 aliphatic heterocycles. The first-order valence-electron chi connectivity index (χ1n) is 18.9. The predicted octanol–water partition coefficient (Wildman–Crippen LogP) is 15.3. The fraction of sp³-hybridized carbons (Fsp3) is 0.0204. The molecule has 2 heterocycles. The van der Waals surface area contributed by atoms with Gasteiger partial charge in [0.2, 0.25) is 0 Å². The van der Waals surface area contributed by atoms with Crippen molar-refractivity contribution in [3.05, 3.63) is 188 Å². The number of nitrogens with zero attached hydrogens (tertiary/aromatic N) is 2. The van der Waals surface area contributed by atoms with Crippen LogP contribution in [0.25, 0.3) is 51.5 Å². The summed E-state index contributed by atoms with van der Waals surface area (Å²) in [6.07, 6.45) is 0. The zero-order valence-electron chi connectivity index (χ0n) is 31.4. The molecule has 2 aromatic heterocycles. The fourth-order valence-electron chi connectivity index (χ4n) is 7.72. The van der Waals surface area contributed by atoms with Gasteiger partial charge in [0.15, 0.2) is 0 Å². The lowest BCUT2D eigenvalue weighted by Crippen LogP contribution is -2.28. The quantitative estimate of drug-likeness (QED) is 0.107. The Hall–Kier alpha value is -6.66. The van der Waals surface area contributed by atoms with Crippen molar-refractivity contribution in [3.63, 3.8) is 0 Å². The van der Waals surface area contributed by atoms with Crippen LogP contribution in [0.2, 0.25) is 0 Å². The van der Waals surface area contributed by atoms with Gasteiger partial charge in [-0.25, -0.2) is 0 Å². The molecule has 0 atom stereocenters. The number of thiophene rings is 2. The standard InChI is InChI=1S/C49H31F3N2O3S3/c50-49(51,52)60(55,56)57-38-30-42-41-29-37(53(34-17-6-2-7-18-34)36-21-12-16-33(28-36)32-14-4-1-5-15-32)26-27-46(41)59-48(42)44(31-38)54(35-19-8-3-9-20-35)43-24-13-23-40-39-22-10-11-25-45(39)58-47(40)43/h1-31H. The van der Waals surface area contributed by atoms with Crippen LogP contribution in [-0.4, -0.2) is 13.9 Å². The molecule has 0 aliphatic rings. The van der Waals surface area contributed by atoms with E-state index in [1.165, 1.54) is 23.5 Å².